The number of carbonyl (C=O) groups excluding carboxylic acids is 2. The number of halogens is 5. The van der Waals surface area contributed by atoms with E-state index in [0.717, 1.165) is 18.2 Å². The van der Waals surface area contributed by atoms with E-state index in [-0.39, 0.29) is 11.3 Å². The summed E-state index contributed by atoms with van der Waals surface area (Å²) < 4.78 is 58.8. The number of nitrogens with two attached hydrogens (primary N) is 1. The normalized spacial score (nSPS) is 12.4. The number of esters is 1. The number of alkyl halides is 3. The number of carbonyl (C=O) groups is 2. The molecule has 0 saturated carbocycles. The maximum Gasteiger partial charge on any atom is 0.416 e. The molecule has 1 amide bonds. The highest BCUT2D eigenvalue weighted by Crippen LogP contribution is 2.33. The average Bonchev–Trinajstić information content (AvgIpc) is 2.58. The van der Waals surface area contributed by atoms with Gasteiger partial charge >= 0.3 is 12.1 Å². The molecule has 2 aromatic carbocycles. The van der Waals surface area contributed by atoms with Gasteiger partial charge in [0.15, 0.2) is 0 Å². The predicted octanol–water partition coefficient (Wildman–Crippen LogP) is 4.06. The SMILES string of the molecule is CN(C)c1cc(C(=O)OC(C(N)=O)c2ccc(Br)cc2F)cc(C(F)(F)F)c1. The molecule has 0 saturated heterocycles. The molecule has 0 aliphatic carbocycles. The maximum absolute atomic E-state index is 14.1. The van der Waals surface area contributed by atoms with Gasteiger partial charge in [0.25, 0.3) is 5.91 Å². The summed E-state index contributed by atoms with van der Waals surface area (Å²) in [7, 11) is 2.99. The van der Waals surface area contributed by atoms with Gasteiger partial charge < -0.3 is 15.4 Å². The maximum atomic E-state index is 14.1. The second kappa shape index (κ2) is 8.17. The second-order valence-electron chi connectivity index (χ2n) is 6.01. The number of benzene rings is 2. The van der Waals surface area contributed by atoms with E-state index in [1.165, 1.54) is 31.1 Å². The summed E-state index contributed by atoms with van der Waals surface area (Å²) in [5.41, 5.74) is 3.44. The van der Waals surface area contributed by atoms with Crippen LogP contribution in [0.2, 0.25) is 0 Å². The lowest BCUT2D eigenvalue weighted by Crippen LogP contribution is -2.27. The van der Waals surface area contributed by atoms with E-state index in [1.807, 2.05) is 0 Å². The summed E-state index contributed by atoms with van der Waals surface area (Å²) in [4.78, 5) is 25.5. The Morgan fingerprint density at radius 1 is 1.14 bits per heavy atom. The van der Waals surface area contributed by atoms with Gasteiger partial charge in [-0.25, -0.2) is 9.18 Å². The number of ether oxygens (including phenoxy) is 1. The van der Waals surface area contributed by atoms with E-state index in [1.54, 1.807) is 0 Å². The van der Waals surface area contributed by atoms with Crippen LogP contribution in [0.5, 0.6) is 0 Å². The summed E-state index contributed by atoms with van der Waals surface area (Å²) in [5.74, 6) is -3.29. The largest absolute Gasteiger partial charge is 0.444 e. The first-order valence-corrected chi connectivity index (χ1v) is 8.54. The molecule has 28 heavy (non-hydrogen) atoms. The summed E-state index contributed by atoms with van der Waals surface area (Å²) >= 11 is 3.04. The lowest BCUT2D eigenvalue weighted by molar-refractivity contribution is -0.137. The number of hydrogen-bond donors (Lipinski definition) is 1. The van der Waals surface area contributed by atoms with Gasteiger partial charge in [-0.05, 0) is 30.3 Å². The van der Waals surface area contributed by atoms with Crippen molar-refractivity contribution in [3.8, 4) is 0 Å². The van der Waals surface area contributed by atoms with Gasteiger partial charge in [0.2, 0.25) is 6.10 Å². The Labute approximate surface area is 166 Å². The molecule has 0 bridgehead atoms. The minimum absolute atomic E-state index is 0.0900. The van der Waals surface area contributed by atoms with Gasteiger partial charge in [-0.1, -0.05) is 22.0 Å². The molecule has 2 rings (SSSR count). The van der Waals surface area contributed by atoms with Crippen molar-refractivity contribution < 1.29 is 31.9 Å². The molecule has 0 heterocycles. The third-order valence-electron chi connectivity index (χ3n) is 3.73. The lowest BCUT2D eigenvalue weighted by atomic mass is 10.1. The standard InChI is InChI=1S/C18H15BrF4N2O3/c1-25(2)12-6-9(5-10(7-12)18(21,22)23)17(27)28-15(16(24)26)13-4-3-11(19)8-14(13)20/h3-8,15H,1-2H3,(H2,24,26). The minimum Gasteiger partial charge on any atom is -0.444 e. The van der Waals surface area contributed by atoms with Crippen LogP contribution in [0.4, 0.5) is 23.2 Å². The molecular weight excluding hydrogens is 448 g/mol. The van der Waals surface area contributed by atoms with E-state index >= 15 is 0 Å². The number of primary amides is 1. The van der Waals surface area contributed by atoms with Crippen LogP contribution in [0.25, 0.3) is 0 Å². The Balaban J connectivity index is 2.43. The summed E-state index contributed by atoms with van der Waals surface area (Å²) in [6.07, 6.45) is -6.51. The van der Waals surface area contributed by atoms with Crippen LogP contribution in [0, 0.1) is 5.82 Å². The molecule has 1 unspecified atom stereocenters. The minimum atomic E-state index is -4.71. The zero-order valence-electron chi connectivity index (χ0n) is 14.7. The van der Waals surface area contributed by atoms with E-state index in [4.69, 9.17) is 10.5 Å². The van der Waals surface area contributed by atoms with Crippen molar-refractivity contribution in [3.63, 3.8) is 0 Å². The second-order valence-corrected chi connectivity index (χ2v) is 6.93. The van der Waals surface area contributed by atoms with E-state index < -0.39 is 41.1 Å². The number of rotatable bonds is 5. The topological polar surface area (TPSA) is 72.6 Å². The predicted molar refractivity (Wildman–Crippen MR) is 97.2 cm³/mol. The quantitative estimate of drug-likeness (QED) is 0.537. The highest BCUT2D eigenvalue weighted by molar-refractivity contribution is 9.10. The smallest absolute Gasteiger partial charge is 0.416 e. The van der Waals surface area contributed by atoms with Crippen molar-refractivity contribution in [2.24, 2.45) is 5.73 Å². The summed E-state index contributed by atoms with van der Waals surface area (Å²) in [6, 6.07) is 6.22. The Morgan fingerprint density at radius 2 is 1.79 bits per heavy atom. The number of hydrogen-bond acceptors (Lipinski definition) is 4. The van der Waals surface area contributed by atoms with Gasteiger partial charge in [-0.2, -0.15) is 13.2 Å². The fraction of sp³-hybridized carbons (Fsp3) is 0.222. The summed E-state index contributed by atoms with van der Waals surface area (Å²) in [5, 5.41) is 0. The van der Waals surface area contributed by atoms with Crippen molar-refractivity contribution in [2.75, 3.05) is 19.0 Å². The molecule has 10 heteroatoms. The van der Waals surface area contributed by atoms with Gasteiger partial charge in [-0.15, -0.1) is 0 Å². The molecule has 150 valence electrons. The van der Waals surface area contributed by atoms with Crippen molar-refractivity contribution in [3.05, 3.63) is 63.4 Å². The molecule has 2 N–H and O–H groups in total. The highest BCUT2D eigenvalue weighted by Gasteiger charge is 2.33. The third kappa shape index (κ3) is 5.00. The fourth-order valence-corrected chi connectivity index (χ4v) is 2.65. The molecule has 2 aromatic rings. The number of amides is 1. The average molecular weight is 463 g/mol. The van der Waals surface area contributed by atoms with Crippen LogP contribution >= 0.6 is 15.9 Å². The number of anilines is 1. The Hall–Kier alpha value is -2.62. The monoisotopic (exact) mass is 462 g/mol. The molecule has 1 atom stereocenters. The van der Waals surface area contributed by atoms with Crippen molar-refractivity contribution in [1.29, 1.82) is 0 Å². The fourth-order valence-electron chi connectivity index (χ4n) is 2.31. The highest BCUT2D eigenvalue weighted by atomic mass is 79.9. The van der Waals surface area contributed by atoms with Gasteiger partial charge in [-0.3, -0.25) is 4.79 Å². The molecule has 5 nitrogen and oxygen atoms in total. The van der Waals surface area contributed by atoms with Crippen LogP contribution < -0.4 is 10.6 Å². The molecular formula is C18H15BrF4N2O3. The Kier molecular flexibility index (Phi) is 6.33. The molecule has 0 aromatic heterocycles. The van der Waals surface area contributed by atoms with Crippen LogP contribution in [-0.2, 0) is 15.7 Å². The van der Waals surface area contributed by atoms with Crippen molar-refractivity contribution in [1.82, 2.24) is 0 Å². The van der Waals surface area contributed by atoms with Gasteiger partial charge in [0, 0.05) is 29.8 Å². The molecule has 0 fully saturated rings. The molecule has 0 spiro atoms. The van der Waals surface area contributed by atoms with E-state index in [0.29, 0.717) is 10.5 Å². The van der Waals surface area contributed by atoms with E-state index in [9.17, 15) is 27.2 Å². The van der Waals surface area contributed by atoms with E-state index in [2.05, 4.69) is 15.9 Å². The number of nitrogens with zero attached hydrogens (tertiary/aromatic N) is 1. The van der Waals surface area contributed by atoms with Crippen LogP contribution in [0.3, 0.4) is 0 Å². The molecule has 0 aliphatic heterocycles. The van der Waals surface area contributed by atoms with Crippen molar-refractivity contribution in [2.45, 2.75) is 12.3 Å². The first-order valence-electron chi connectivity index (χ1n) is 7.75. The van der Waals surface area contributed by atoms with Crippen LogP contribution in [0.15, 0.2) is 40.9 Å². The van der Waals surface area contributed by atoms with Crippen molar-refractivity contribution >= 4 is 33.5 Å². The first-order chi connectivity index (χ1) is 12.9. The summed E-state index contributed by atoms with van der Waals surface area (Å²) in [6.45, 7) is 0. The Morgan fingerprint density at radius 3 is 2.29 bits per heavy atom. The van der Waals surface area contributed by atoms with Crippen LogP contribution in [-0.4, -0.2) is 26.0 Å². The zero-order valence-corrected chi connectivity index (χ0v) is 16.3. The lowest BCUT2D eigenvalue weighted by Gasteiger charge is -2.19. The third-order valence-corrected chi connectivity index (χ3v) is 4.22. The first kappa shape index (κ1) is 21.7. The molecule has 0 aliphatic rings. The van der Waals surface area contributed by atoms with Crippen LogP contribution in [0.1, 0.15) is 27.6 Å². The van der Waals surface area contributed by atoms with Gasteiger partial charge in [0.1, 0.15) is 5.82 Å². The zero-order chi connectivity index (χ0) is 21.2. The van der Waals surface area contributed by atoms with Gasteiger partial charge in [0.05, 0.1) is 11.1 Å². The molecule has 0 radical (unpaired) electrons. The Bertz CT molecular complexity index is 916.